The lowest BCUT2D eigenvalue weighted by Gasteiger charge is -2.05. The second-order valence-electron chi connectivity index (χ2n) is 4.35. The van der Waals surface area contributed by atoms with Gasteiger partial charge in [-0.25, -0.2) is 4.83 Å². The van der Waals surface area contributed by atoms with E-state index in [9.17, 15) is 13.5 Å². The molecule has 0 heterocycles. The van der Waals surface area contributed by atoms with Crippen LogP contribution in [0.2, 0.25) is 0 Å². The Morgan fingerprint density at radius 3 is 2.55 bits per heavy atom. The van der Waals surface area contributed by atoms with E-state index in [0.29, 0.717) is 11.3 Å². The number of nitrogen functional groups attached to an aromatic ring is 1. The van der Waals surface area contributed by atoms with Crippen molar-refractivity contribution < 1.29 is 18.3 Å². The topological polar surface area (TPSA) is 114 Å². The van der Waals surface area contributed by atoms with E-state index >= 15 is 0 Å². The van der Waals surface area contributed by atoms with Crippen LogP contribution in [-0.2, 0) is 10.0 Å². The van der Waals surface area contributed by atoms with Crippen LogP contribution in [-0.4, -0.2) is 26.8 Å². The fourth-order valence-electron chi connectivity index (χ4n) is 1.64. The van der Waals surface area contributed by atoms with E-state index in [1.165, 1.54) is 49.7 Å². The third-order valence-electron chi connectivity index (χ3n) is 2.78. The highest BCUT2D eigenvalue weighted by Gasteiger charge is 2.11. The molecule has 0 aromatic heterocycles. The summed E-state index contributed by atoms with van der Waals surface area (Å²) in [5.41, 5.74) is 6.54. The molecule has 2 rings (SSSR count). The van der Waals surface area contributed by atoms with E-state index < -0.39 is 10.0 Å². The summed E-state index contributed by atoms with van der Waals surface area (Å²) in [5, 5.41) is 13.2. The zero-order valence-corrected chi connectivity index (χ0v) is 12.5. The van der Waals surface area contributed by atoms with Gasteiger partial charge in [0.25, 0.3) is 10.0 Å². The molecule has 0 fully saturated rings. The second-order valence-corrected chi connectivity index (χ2v) is 6.01. The average molecular weight is 321 g/mol. The number of benzene rings is 2. The molecule has 0 aliphatic heterocycles. The predicted octanol–water partition coefficient (Wildman–Crippen LogP) is 1.30. The zero-order chi connectivity index (χ0) is 16.2. The number of nitrogens with two attached hydrogens (primary N) is 1. The molecule has 0 aliphatic carbocycles. The standard InChI is InChI=1S/C14H15N3O4S/c1-21-14-8-10(2-7-13(14)18)9-16-17-22(19,20)12-5-3-11(15)4-6-12/h2-9,17-18H,15H2,1H3/b16-9-. The van der Waals surface area contributed by atoms with Crippen LogP contribution in [0.1, 0.15) is 5.56 Å². The van der Waals surface area contributed by atoms with E-state index in [1.807, 2.05) is 0 Å². The maximum atomic E-state index is 12.0. The third-order valence-corrected chi connectivity index (χ3v) is 4.02. The SMILES string of the molecule is COc1cc(/C=N\NS(=O)(=O)c2ccc(N)cc2)ccc1O. The van der Waals surface area contributed by atoms with E-state index in [2.05, 4.69) is 9.93 Å². The number of anilines is 1. The molecule has 0 unspecified atom stereocenters. The molecule has 0 saturated carbocycles. The van der Waals surface area contributed by atoms with Crippen molar-refractivity contribution in [2.75, 3.05) is 12.8 Å². The lowest BCUT2D eigenvalue weighted by atomic mass is 10.2. The van der Waals surface area contributed by atoms with E-state index in [0.717, 1.165) is 0 Å². The van der Waals surface area contributed by atoms with Gasteiger partial charge in [0.1, 0.15) is 0 Å². The number of phenolic OH excluding ortho intramolecular Hbond substituents is 1. The van der Waals surface area contributed by atoms with Crippen LogP contribution in [0.15, 0.2) is 52.5 Å². The summed E-state index contributed by atoms with van der Waals surface area (Å²) in [6.07, 6.45) is 1.30. The van der Waals surface area contributed by atoms with Crippen LogP contribution >= 0.6 is 0 Å². The average Bonchev–Trinajstić information content (AvgIpc) is 2.49. The largest absolute Gasteiger partial charge is 0.504 e. The Labute approximate surface area is 128 Å². The van der Waals surface area contributed by atoms with Crippen LogP contribution in [0.25, 0.3) is 0 Å². The van der Waals surface area contributed by atoms with Gasteiger partial charge in [0.15, 0.2) is 11.5 Å². The summed E-state index contributed by atoms with van der Waals surface area (Å²) in [6, 6.07) is 10.3. The summed E-state index contributed by atoms with van der Waals surface area (Å²) in [6.45, 7) is 0. The maximum absolute atomic E-state index is 12.0. The molecule has 4 N–H and O–H groups in total. The van der Waals surface area contributed by atoms with Gasteiger partial charge in [0.2, 0.25) is 0 Å². The molecule has 2 aromatic carbocycles. The minimum Gasteiger partial charge on any atom is -0.504 e. The van der Waals surface area contributed by atoms with Crippen molar-refractivity contribution in [3.05, 3.63) is 48.0 Å². The van der Waals surface area contributed by atoms with Crippen molar-refractivity contribution in [1.82, 2.24) is 4.83 Å². The van der Waals surface area contributed by atoms with E-state index in [-0.39, 0.29) is 16.4 Å². The highest BCUT2D eigenvalue weighted by molar-refractivity contribution is 7.89. The van der Waals surface area contributed by atoms with Crippen molar-refractivity contribution in [2.24, 2.45) is 5.10 Å². The molecule has 0 saturated heterocycles. The predicted molar refractivity (Wildman–Crippen MR) is 83.4 cm³/mol. The molecule has 0 spiro atoms. The van der Waals surface area contributed by atoms with Gasteiger partial charge in [-0.1, -0.05) is 0 Å². The first-order valence-electron chi connectivity index (χ1n) is 6.20. The van der Waals surface area contributed by atoms with Gasteiger partial charge >= 0.3 is 0 Å². The van der Waals surface area contributed by atoms with Gasteiger partial charge in [-0.05, 0) is 48.0 Å². The fraction of sp³-hybridized carbons (Fsp3) is 0.0714. The van der Waals surface area contributed by atoms with Crippen LogP contribution in [0.3, 0.4) is 0 Å². The van der Waals surface area contributed by atoms with Crippen molar-refractivity contribution in [1.29, 1.82) is 0 Å². The Morgan fingerprint density at radius 1 is 1.23 bits per heavy atom. The number of phenols is 1. The summed E-state index contributed by atoms with van der Waals surface area (Å²) in [7, 11) is -2.34. The lowest BCUT2D eigenvalue weighted by Crippen LogP contribution is -2.18. The summed E-state index contributed by atoms with van der Waals surface area (Å²) >= 11 is 0. The van der Waals surface area contributed by atoms with E-state index in [1.54, 1.807) is 6.07 Å². The Hall–Kier alpha value is -2.74. The van der Waals surface area contributed by atoms with Gasteiger partial charge in [-0.3, -0.25) is 0 Å². The Kier molecular flexibility index (Phi) is 4.52. The summed E-state index contributed by atoms with van der Waals surface area (Å²) in [5.74, 6) is 0.257. The minimum absolute atomic E-state index is 0.0119. The van der Waals surface area contributed by atoms with Crippen molar-refractivity contribution in [2.45, 2.75) is 4.90 Å². The van der Waals surface area contributed by atoms with E-state index in [4.69, 9.17) is 10.5 Å². The number of nitrogens with zero attached hydrogens (tertiary/aromatic N) is 1. The molecule has 2 aromatic rings. The first-order chi connectivity index (χ1) is 10.4. The molecule has 8 heteroatoms. The summed E-state index contributed by atoms with van der Waals surface area (Å²) in [4.78, 5) is 2.15. The summed E-state index contributed by atoms with van der Waals surface area (Å²) < 4.78 is 28.9. The Bertz CT molecular complexity index is 786. The zero-order valence-electron chi connectivity index (χ0n) is 11.7. The Morgan fingerprint density at radius 2 is 1.91 bits per heavy atom. The number of hydrogen-bond acceptors (Lipinski definition) is 6. The molecule has 0 amide bonds. The second kappa shape index (κ2) is 6.35. The molecule has 22 heavy (non-hydrogen) atoms. The van der Waals surface area contributed by atoms with Crippen LogP contribution in [0.4, 0.5) is 5.69 Å². The van der Waals surface area contributed by atoms with Gasteiger partial charge in [-0.15, -0.1) is 0 Å². The monoisotopic (exact) mass is 321 g/mol. The molecular weight excluding hydrogens is 306 g/mol. The number of hydrazone groups is 1. The molecular formula is C14H15N3O4S. The Balaban J connectivity index is 2.13. The first kappa shape index (κ1) is 15.6. The number of methoxy groups -OCH3 is 1. The van der Waals surface area contributed by atoms with Gasteiger partial charge in [-0.2, -0.15) is 13.5 Å². The number of rotatable bonds is 5. The molecule has 0 atom stereocenters. The third kappa shape index (κ3) is 3.67. The van der Waals surface area contributed by atoms with Crippen LogP contribution in [0.5, 0.6) is 11.5 Å². The van der Waals surface area contributed by atoms with Gasteiger partial charge in [0.05, 0.1) is 18.2 Å². The molecule has 0 aliphatic rings. The smallest absolute Gasteiger partial charge is 0.276 e. The van der Waals surface area contributed by atoms with Gasteiger partial charge in [0, 0.05) is 5.69 Å². The van der Waals surface area contributed by atoms with Crippen molar-refractivity contribution in [3.63, 3.8) is 0 Å². The lowest BCUT2D eigenvalue weighted by molar-refractivity contribution is 0.373. The minimum atomic E-state index is -3.76. The van der Waals surface area contributed by atoms with Crippen molar-refractivity contribution >= 4 is 21.9 Å². The molecule has 7 nitrogen and oxygen atoms in total. The number of ether oxygens (including phenoxy) is 1. The number of hydrogen-bond donors (Lipinski definition) is 3. The van der Waals surface area contributed by atoms with Gasteiger partial charge < -0.3 is 15.6 Å². The van der Waals surface area contributed by atoms with Crippen LogP contribution < -0.4 is 15.3 Å². The highest BCUT2D eigenvalue weighted by atomic mass is 32.2. The fourth-order valence-corrected chi connectivity index (χ4v) is 2.44. The maximum Gasteiger partial charge on any atom is 0.276 e. The van der Waals surface area contributed by atoms with Crippen LogP contribution in [0, 0.1) is 0 Å². The molecule has 0 radical (unpaired) electrons. The molecule has 0 bridgehead atoms. The van der Waals surface area contributed by atoms with Crippen molar-refractivity contribution in [3.8, 4) is 11.5 Å². The number of sulfonamides is 1. The normalized spacial score (nSPS) is 11.5. The quantitative estimate of drug-likeness (QED) is 0.436. The molecule has 116 valence electrons. The number of nitrogens with one attached hydrogen (secondary N) is 1. The highest BCUT2D eigenvalue weighted by Crippen LogP contribution is 2.25. The number of aromatic hydroxyl groups is 1. The first-order valence-corrected chi connectivity index (χ1v) is 7.68.